The van der Waals surface area contributed by atoms with Gasteiger partial charge in [0.25, 0.3) is 0 Å². The van der Waals surface area contributed by atoms with Gasteiger partial charge in [0.1, 0.15) is 0 Å². The molecule has 5 heteroatoms. The lowest BCUT2D eigenvalue weighted by atomic mass is 9.85. The molecule has 0 unspecified atom stereocenters. The standard InChI is InChI=1S/C17H30N2O3/c1-13-11-14-5-2-3-7-16(14)19(13)17(20)18-8-10-21-12-15-6-4-9-22-15/h13-16H,2-12H2,1H3,(H,18,20)/t13-,14+,15+,16-/m1/s1. The Bertz CT molecular complexity index is 371. The summed E-state index contributed by atoms with van der Waals surface area (Å²) in [6.45, 7) is 4.86. The highest BCUT2D eigenvalue weighted by atomic mass is 16.5. The van der Waals surface area contributed by atoms with Gasteiger partial charge < -0.3 is 19.7 Å². The number of carbonyl (C=O) groups is 1. The van der Waals surface area contributed by atoms with Crippen LogP contribution in [0.15, 0.2) is 0 Å². The van der Waals surface area contributed by atoms with Crippen molar-refractivity contribution in [2.75, 3.05) is 26.4 Å². The first-order valence-electron chi connectivity index (χ1n) is 9.01. The lowest BCUT2D eigenvalue weighted by Crippen LogP contribution is -2.48. The van der Waals surface area contributed by atoms with Gasteiger partial charge in [0.05, 0.1) is 19.3 Å². The van der Waals surface area contributed by atoms with Gasteiger partial charge in [-0.15, -0.1) is 0 Å². The van der Waals surface area contributed by atoms with E-state index in [-0.39, 0.29) is 12.1 Å². The van der Waals surface area contributed by atoms with Crippen LogP contribution in [0, 0.1) is 5.92 Å². The van der Waals surface area contributed by atoms with Crippen LogP contribution in [0.25, 0.3) is 0 Å². The summed E-state index contributed by atoms with van der Waals surface area (Å²) in [6, 6.07) is 0.945. The fraction of sp³-hybridized carbons (Fsp3) is 0.941. The first kappa shape index (κ1) is 16.1. The third-order valence-electron chi connectivity index (χ3n) is 5.43. The van der Waals surface area contributed by atoms with E-state index in [0.717, 1.165) is 25.4 Å². The van der Waals surface area contributed by atoms with Gasteiger partial charge in [-0.25, -0.2) is 4.79 Å². The number of likely N-dealkylation sites (tertiary alicyclic amines) is 1. The molecule has 4 atom stereocenters. The Labute approximate surface area is 133 Å². The predicted molar refractivity (Wildman–Crippen MR) is 84.9 cm³/mol. The van der Waals surface area contributed by atoms with Crippen molar-refractivity contribution in [3.8, 4) is 0 Å². The van der Waals surface area contributed by atoms with E-state index < -0.39 is 0 Å². The van der Waals surface area contributed by atoms with Crippen molar-refractivity contribution in [3.05, 3.63) is 0 Å². The zero-order valence-corrected chi connectivity index (χ0v) is 13.8. The number of nitrogens with one attached hydrogen (secondary N) is 1. The molecular weight excluding hydrogens is 280 g/mol. The Hall–Kier alpha value is -0.810. The van der Waals surface area contributed by atoms with Crippen molar-refractivity contribution in [1.29, 1.82) is 0 Å². The van der Waals surface area contributed by atoms with Gasteiger partial charge in [0.15, 0.2) is 0 Å². The summed E-state index contributed by atoms with van der Waals surface area (Å²) in [5.74, 6) is 0.727. The van der Waals surface area contributed by atoms with E-state index in [0.29, 0.717) is 31.8 Å². The van der Waals surface area contributed by atoms with E-state index in [2.05, 4.69) is 17.1 Å². The Morgan fingerprint density at radius 3 is 2.95 bits per heavy atom. The molecule has 126 valence electrons. The van der Waals surface area contributed by atoms with Crippen molar-refractivity contribution in [3.63, 3.8) is 0 Å². The Balaban J connectivity index is 1.36. The number of hydrogen-bond acceptors (Lipinski definition) is 3. The normalized spacial score (nSPS) is 34.7. The van der Waals surface area contributed by atoms with Crippen LogP contribution in [-0.4, -0.2) is 55.5 Å². The van der Waals surface area contributed by atoms with Gasteiger partial charge in [-0.3, -0.25) is 0 Å². The first-order valence-corrected chi connectivity index (χ1v) is 9.01. The van der Waals surface area contributed by atoms with Gasteiger partial charge in [0, 0.05) is 25.2 Å². The molecule has 2 saturated heterocycles. The molecule has 2 heterocycles. The fourth-order valence-electron chi connectivity index (χ4n) is 4.37. The maximum atomic E-state index is 12.5. The third kappa shape index (κ3) is 3.74. The van der Waals surface area contributed by atoms with Gasteiger partial charge in [-0.1, -0.05) is 12.8 Å². The molecule has 0 bridgehead atoms. The van der Waals surface area contributed by atoms with Crippen LogP contribution in [-0.2, 0) is 9.47 Å². The molecule has 1 N–H and O–H groups in total. The highest BCUT2D eigenvalue weighted by Gasteiger charge is 2.42. The van der Waals surface area contributed by atoms with Crippen LogP contribution in [0.4, 0.5) is 4.79 Å². The molecule has 3 aliphatic rings. The number of hydrogen-bond donors (Lipinski definition) is 1. The highest BCUT2D eigenvalue weighted by Crippen LogP contribution is 2.39. The van der Waals surface area contributed by atoms with E-state index in [9.17, 15) is 4.79 Å². The van der Waals surface area contributed by atoms with Gasteiger partial charge >= 0.3 is 6.03 Å². The summed E-state index contributed by atoms with van der Waals surface area (Å²) < 4.78 is 11.1. The molecule has 3 rings (SSSR count). The predicted octanol–water partition coefficient (Wildman–Crippen LogP) is 2.54. The van der Waals surface area contributed by atoms with Crippen LogP contribution < -0.4 is 5.32 Å². The Kier molecular flexibility index (Phi) is 5.58. The summed E-state index contributed by atoms with van der Waals surface area (Å²) in [4.78, 5) is 14.6. The molecule has 22 heavy (non-hydrogen) atoms. The second kappa shape index (κ2) is 7.64. The summed E-state index contributed by atoms with van der Waals surface area (Å²) in [7, 11) is 0. The molecule has 2 aliphatic heterocycles. The topological polar surface area (TPSA) is 50.8 Å². The third-order valence-corrected chi connectivity index (χ3v) is 5.43. The number of ether oxygens (including phenoxy) is 2. The van der Waals surface area contributed by atoms with Crippen molar-refractivity contribution in [2.24, 2.45) is 5.92 Å². The van der Waals surface area contributed by atoms with Gasteiger partial charge in [-0.2, -0.15) is 0 Å². The number of urea groups is 1. The molecule has 0 aromatic rings. The van der Waals surface area contributed by atoms with Crippen LogP contribution >= 0.6 is 0 Å². The molecule has 0 aromatic carbocycles. The number of carbonyl (C=O) groups excluding carboxylic acids is 1. The summed E-state index contributed by atoms with van der Waals surface area (Å²) in [6.07, 6.45) is 8.75. The van der Waals surface area contributed by atoms with E-state index >= 15 is 0 Å². The number of rotatable bonds is 5. The maximum absolute atomic E-state index is 12.5. The summed E-state index contributed by atoms with van der Waals surface area (Å²) in [5, 5.41) is 3.03. The van der Waals surface area contributed by atoms with E-state index in [1.807, 2.05) is 0 Å². The Morgan fingerprint density at radius 1 is 1.27 bits per heavy atom. The highest BCUT2D eigenvalue weighted by molar-refractivity contribution is 5.75. The van der Waals surface area contributed by atoms with E-state index in [4.69, 9.17) is 9.47 Å². The lowest BCUT2D eigenvalue weighted by molar-refractivity contribution is 0.0184. The van der Waals surface area contributed by atoms with Gasteiger partial charge in [0.2, 0.25) is 0 Å². The minimum Gasteiger partial charge on any atom is -0.377 e. The fourth-order valence-corrected chi connectivity index (χ4v) is 4.37. The second-order valence-electron chi connectivity index (χ2n) is 7.05. The van der Waals surface area contributed by atoms with Crippen molar-refractivity contribution < 1.29 is 14.3 Å². The zero-order chi connectivity index (χ0) is 15.4. The maximum Gasteiger partial charge on any atom is 0.317 e. The molecule has 5 nitrogen and oxygen atoms in total. The minimum absolute atomic E-state index is 0.0996. The average molecular weight is 310 g/mol. The quantitative estimate of drug-likeness (QED) is 0.794. The van der Waals surface area contributed by atoms with Crippen molar-refractivity contribution in [2.45, 2.75) is 70.1 Å². The zero-order valence-electron chi connectivity index (χ0n) is 13.8. The average Bonchev–Trinajstić information content (AvgIpc) is 3.13. The summed E-state index contributed by atoms with van der Waals surface area (Å²) in [5.41, 5.74) is 0. The second-order valence-corrected chi connectivity index (χ2v) is 7.05. The minimum atomic E-state index is 0.0996. The number of amides is 2. The molecular formula is C17H30N2O3. The molecule has 0 radical (unpaired) electrons. The van der Waals surface area contributed by atoms with Crippen LogP contribution in [0.2, 0.25) is 0 Å². The molecule has 0 aromatic heterocycles. The summed E-state index contributed by atoms with van der Waals surface area (Å²) >= 11 is 0. The van der Waals surface area contributed by atoms with Crippen LogP contribution in [0.3, 0.4) is 0 Å². The molecule has 1 saturated carbocycles. The van der Waals surface area contributed by atoms with Crippen molar-refractivity contribution in [1.82, 2.24) is 10.2 Å². The number of fused-ring (bicyclic) bond motifs is 1. The molecule has 0 spiro atoms. The monoisotopic (exact) mass is 310 g/mol. The Morgan fingerprint density at radius 2 is 2.14 bits per heavy atom. The lowest BCUT2D eigenvalue weighted by Gasteiger charge is -2.33. The van der Waals surface area contributed by atoms with E-state index in [1.54, 1.807) is 0 Å². The molecule has 2 amide bonds. The van der Waals surface area contributed by atoms with Crippen LogP contribution in [0.1, 0.15) is 51.9 Å². The number of nitrogens with zero attached hydrogens (tertiary/aromatic N) is 1. The SMILES string of the molecule is C[C@@H]1C[C@@H]2CCCC[C@H]2N1C(=O)NCCOC[C@@H]1CCCO1. The van der Waals surface area contributed by atoms with E-state index in [1.165, 1.54) is 32.1 Å². The van der Waals surface area contributed by atoms with Crippen molar-refractivity contribution >= 4 is 6.03 Å². The molecule has 3 fully saturated rings. The largest absolute Gasteiger partial charge is 0.377 e. The smallest absolute Gasteiger partial charge is 0.317 e. The molecule has 1 aliphatic carbocycles. The van der Waals surface area contributed by atoms with Gasteiger partial charge in [-0.05, 0) is 44.9 Å². The van der Waals surface area contributed by atoms with Crippen LogP contribution in [0.5, 0.6) is 0 Å². The first-order chi connectivity index (χ1) is 10.8.